The molecule has 1 fully saturated rings. The highest BCUT2D eigenvalue weighted by molar-refractivity contribution is 7.14. The fourth-order valence-electron chi connectivity index (χ4n) is 2.21. The minimum atomic E-state index is -0.815. The monoisotopic (exact) mass is 302 g/mol. The summed E-state index contributed by atoms with van der Waals surface area (Å²) in [6, 6.07) is 10.0. The number of rotatable bonds is 3. The van der Waals surface area contributed by atoms with Crippen molar-refractivity contribution in [1.82, 2.24) is 0 Å². The molecule has 1 N–H and O–H groups in total. The molecule has 0 saturated heterocycles. The first-order valence-corrected chi connectivity index (χ1v) is 8.33. The smallest absolute Gasteiger partial charge is 0.346 e. The number of carboxylic acid groups (broad SMARTS) is 1. The number of benzene rings is 1. The van der Waals surface area contributed by atoms with Crippen molar-refractivity contribution in [2.75, 3.05) is 0 Å². The van der Waals surface area contributed by atoms with Gasteiger partial charge in [0.2, 0.25) is 0 Å². The van der Waals surface area contributed by atoms with E-state index >= 15 is 0 Å². The van der Waals surface area contributed by atoms with Crippen molar-refractivity contribution in [3.63, 3.8) is 0 Å². The highest BCUT2D eigenvalue weighted by Crippen LogP contribution is 2.46. The molecule has 3 rings (SSSR count). The van der Waals surface area contributed by atoms with Gasteiger partial charge in [-0.05, 0) is 42.9 Å². The maximum absolute atomic E-state index is 11.4. The van der Waals surface area contributed by atoms with E-state index in [4.69, 9.17) is 0 Å². The van der Waals surface area contributed by atoms with Crippen molar-refractivity contribution >= 4 is 17.3 Å². The van der Waals surface area contributed by atoms with E-state index in [1.807, 2.05) is 31.2 Å². The summed E-state index contributed by atoms with van der Waals surface area (Å²) in [5.41, 5.74) is 3.05. The summed E-state index contributed by atoms with van der Waals surface area (Å²) in [5.74, 6) is -0.212. The number of hydrogen-bond donors (Lipinski definition) is 1. The summed E-state index contributed by atoms with van der Waals surface area (Å²) in [6.07, 6.45) is 3.65. The first kappa shape index (κ1) is 15.8. The molecule has 1 aliphatic rings. The first-order chi connectivity index (χ1) is 10.1. The molecule has 0 aliphatic heterocycles. The predicted octanol–water partition coefficient (Wildman–Crippen LogP) is 5.72. The van der Waals surface area contributed by atoms with E-state index in [0.29, 0.717) is 10.8 Å². The van der Waals surface area contributed by atoms with Crippen LogP contribution in [0.25, 0.3) is 11.1 Å². The van der Waals surface area contributed by atoms with Crippen molar-refractivity contribution < 1.29 is 9.90 Å². The van der Waals surface area contributed by atoms with Crippen LogP contribution < -0.4 is 0 Å². The Kier molecular flexibility index (Phi) is 5.18. The van der Waals surface area contributed by atoms with Gasteiger partial charge in [0, 0.05) is 10.4 Å². The van der Waals surface area contributed by atoms with Gasteiger partial charge >= 0.3 is 5.97 Å². The Morgan fingerprint density at radius 1 is 1.24 bits per heavy atom. The molecule has 1 heterocycles. The molecule has 0 spiro atoms. The van der Waals surface area contributed by atoms with E-state index in [2.05, 4.69) is 19.9 Å². The average Bonchev–Trinajstić information content (AvgIpc) is 3.19. The number of carbonyl (C=O) groups is 1. The summed E-state index contributed by atoms with van der Waals surface area (Å²) >= 11 is 1.44. The molecule has 1 aliphatic carbocycles. The summed E-state index contributed by atoms with van der Waals surface area (Å²) in [5, 5.41) is 9.34. The first-order valence-electron chi connectivity index (χ1n) is 7.51. The van der Waals surface area contributed by atoms with Gasteiger partial charge in [0.25, 0.3) is 0 Å². The van der Waals surface area contributed by atoms with Gasteiger partial charge < -0.3 is 5.11 Å². The molecule has 0 bridgehead atoms. The largest absolute Gasteiger partial charge is 0.477 e. The van der Waals surface area contributed by atoms with Crippen LogP contribution in [0.2, 0.25) is 0 Å². The quantitative estimate of drug-likeness (QED) is 0.787. The van der Waals surface area contributed by atoms with Crippen LogP contribution in [0, 0.1) is 6.92 Å². The van der Waals surface area contributed by atoms with Gasteiger partial charge in [-0.3, -0.25) is 0 Å². The van der Waals surface area contributed by atoms with Crippen molar-refractivity contribution in [1.29, 1.82) is 0 Å². The topological polar surface area (TPSA) is 37.3 Å². The van der Waals surface area contributed by atoms with Gasteiger partial charge in [0.15, 0.2) is 0 Å². The van der Waals surface area contributed by atoms with Crippen LogP contribution in [0.5, 0.6) is 0 Å². The van der Waals surface area contributed by atoms with Crippen molar-refractivity contribution in [2.24, 2.45) is 0 Å². The lowest BCUT2D eigenvalue weighted by Crippen LogP contribution is -1.95. The molecular weight excluding hydrogens is 280 g/mol. The van der Waals surface area contributed by atoms with E-state index < -0.39 is 5.97 Å². The lowest BCUT2D eigenvalue weighted by atomic mass is 10.0. The van der Waals surface area contributed by atoms with Crippen LogP contribution >= 0.6 is 11.3 Å². The van der Waals surface area contributed by atoms with E-state index in [9.17, 15) is 9.90 Å². The van der Waals surface area contributed by atoms with Crippen LogP contribution in [0.4, 0.5) is 0 Å². The Bertz CT molecular complexity index is 624. The standard InChI is InChI=1S/C15H14O2S.C3H8/c1-9-4-2-3-5-11(9)12-8-13(10-6-7-10)18-14(12)15(16)17;1-3-2/h2-5,8,10H,6-7H2,1H3,(H,16,17);3H2,1-2H3. The maximum atomic E-state index is 11.4. The van der Waals surface area contributed by atoms with Crippen molar-refractivity contribution in [2.45, 2.75) is 46.0 Å². The maximum Gasteiger partial charge on any atom is 0.346 e. The SMILES string of the molecule is CCC.Cc1ccccc1-c1cc(C2CC2)sc1C(=O)O. The summed E-state index contributed by atoms with van der Waals surface area (Å²) in [4.78, 5) is 13.1. The lowest BCUT2D eigenvalue weighted by molar-refractivity contribution is 0.0703. The molecule has 0 amide bonds. The third kappa shape index (κ3) is 3.73. The zero-order chi connectivity index (χ0) is 15.4. The molecule has 2 nitrogen and oxygen atoms in total. The number of hydrogen-bond acceptors (Lipinski definition) is 2. The fourth-order valence-corrected chi connectivity index (χ4v) is 3.39. The normalized spacial score (nSPS) is 13.5. The number of thiophene rings is 1. The van der Waals surface area contributed by atoms with Crippen molar-refractivity contribution in [3.8, 4) is 11.1 Å². The molecule has 112 valence electrons. The molecule has 0 radical (unpaired) electrons. The van der Waals surface area contributed by atoms with Gasteiger partial charge in [-0.1, -0.05) is 44.5 Å². The molecule has 3 heteroatoms. The number of carboxylic acids is 1. The van der Waals surface area contributed by atoms with E-state index in [1.165, 1.54) is 35.5 Å². The third-order valence-corrected chi connectivity index (χ3v) is 4.65. The van der Waals surface area contributed by atoms with Crippen LogP contribution in [0.15, 0.2) is 30.3 Å². The van der Waals surface area contributed by atoms with Gasteiger partial charge in [0.1, 0.15) is 4.88 Å². The van der Waals surface area contributed by atoms with E-state index in [-0.39, 0.29) is 0 Å². The molecule has 2 aromatic rings. The molecule has 0 atom stereocenters. The Hall–Kier alpha value is -1.61. The highest BCUT2D eigenvalue weighted by Gasteiger charge is 2.28. The molecular formula is C18H22O2S. The Balaban J connectivity index is 0.000000497. The summed E-state index contributed by atoms with van der Waals surface area (Å²) < 4.78 is 0. The van der Waals surface area contributed by atoms with Crippen molar-refractivity contribution in [3.05, 3.63) is 45.6 Å². The van der Waals surface area contributed by atoms with Gasteiger partial charge in [-0.25, -0.2) is 4.79 Å². The second-order valence-electron chi connectivity index (χ2n) is 5.49. The van der Waals surface area contributed by atoms with Crippen LogP contribution in [0.3, 0.4) is 0 Å². The fraction of sp³-hybridized carbons (Fsp3) is 0.389. The van der Waals surface area contributed by atoms with E-state index in [0.717, 1.165) is 16.7 Å². The number of aromatic carboxylic acids is 1. The zero-order valence-electron chi connectivity index (χ0n) is 12.8. The van der Waals surface area contributed by atoms with Crippen LogP contribution in [0.1, 0.15) is 59.1 Å². The Morgan fingerprint density at radius 3 is 2.38 bits per heavy atom. The average molecular weight is 302 g/mol. The molecule has 1 aromatic carbocycles. The second kappa shape index (κ2) is 6.90. The zero-order valence-corrected chi connectivity index (χ0v) is 13.7. The molecule has 21 heavy (non-hydrogen) atoms. The Labute approximate surface area is 130 Å². The van der Waals surface area contributed by atoms with Gasteiger partial charge in [0.05, 0.1) is 0 Å². The predicted molar refractivity (Wildman–Crippen MR) is 89.4 cm³/mol. The van der Waals surface area contributed by atoms with E-state index in [1.54, 1.807) is 0 Å². The summed E-state index contributed by atoms with van der Waals surface area (Å²) in [6.45, 7) is 6.27. The third-order valence-electron chi connectivity index (χ3n) is 3.36. The lowest BCUT2D eigenvalue weighted by Gasteiger charge is -2.04. The van der Waals surface area contributed by atoms with Gasteiger partial charge in [-0.15, -0.1) is 11.3 Å². The molecule has 1 saturated carbocycles. The van der Waals surface area contributed by atoms with Gasteiger partial charge in [-0.2, -0.15) is 0 Å². The minimum Gasteiger partial charge on any atom is -0.477 e. The Morgan fingerprint density at radius 2 is 1.86 bits per heavy atom. The minimum absolute atomic E-state index is 0.478. The highest BCUT2D eigenvalue weighted by atomic mass is 32.1. The van der Waals surface area contributed by atoms with Crippen LogP contribution in [-0.4, -0.2) is 11.1 Å². The molecule has 1 aromatic heterocycles. The van der Waals surface area contributed by atoms with Crippen LogP contribution in [-0.2, 0) is 0 Å². The second-order valence-corrected chi connectivity index (χ2v) is 6.58. The summed E-state index contributed by atoms with van der Waals surface area (Å²) in [7, 11) is 0. The number of aryl methyl sites for hydroxylation is 1. The molecule has 0 unspecified atom stereocenters.